The molecule has 0 saturated heterocycles. The lowest BCUT2D eigenvalue weighted by atomic mass is 9.56. The fourth-order valence-electron chi connectivity index (χ4n) is 6.38. The number of hydrogen-bond acceptors (Lipinski definition) is 3. The Bertz CT molecular complexity index is 890. The Morgan fingerprint density at radius 2 is 1.96 bits per heavy atom. The fourth-order valence-corrected chi connectivity index (χ4v) is 6.38. The molecule has 2 saturated carbocycles. The number of aryl methyl sites for hydroxylation is 1. The summed E-state index contributed by atoms with van der Waals surface area (Å²) >= 11 is 0. The third-order valence-corrected chi connectivity index (χ3v) is 7.66. The first-order chi connectivity index (χ1) is 13.5. The lowest BCUT2D eigenvalue weighted by molar-refractivity contribution is 0.0594. The van der Waals surface area contributed by atoms with Crippen molar-refractivity contribution in [1.29, 1.82) is 0 Å². The number of rotatable bonds is 2. The van der Waals surface area contributed by atoms with E-state index < -0.39 is 0 Å². The zero-order valence-corrected chi connectivity index (χ0v) is 16.4. The number of aliphatic hydroxyl groups excluding tert-OH is 1. The van der Waals surface area contributed by atoms with Gasteiger partial charge in [0.25, 0.3) is 0 Å². The number of benzene rings is 2. The molecular formula is C25H28O3. The van der Waals surface area contributed by atoms with Gasteiger partial charge in [0.1, 0.15) is 5.75 Å². The van der Waals surface area contributed by atoms with Crippen LogP contribution in [0.15, 0.2) is 48.5 Å². The first-order valence-corrected chi connectivity index (χ1v) is 10.6. The van der Waals surface area contributed by atoms with E-state index in [1.54, 1.807) is 12.1 Å². The van der Waals surface area contributed by atoms with Gasteiger partial charge in [-0.15, -0.1) is 0 Å². The van der Waals surface area contributed by atoms with Crippen LogP contribution in [0.5, 0.6) is 5.75 Å². The molecule has 0 spiro atoms. The van der Waals surface area contributed by atoms with Gasteiger partial charge in [0.05, 0.1) is 11.7 Å². The van der Waals surface area contributed by atoms with Crippen molar-refractivity contribution in [1.82, 2.24) is 0 Å². The van der Waals surface area contributed by atoms with E-state index in [9.17, 15) is 9.90 Å². The standard InChI is InChI=1S/C25H28O3/c1-25-12-11-21-20-10-8-19(28-24(27)16-5-3-2-4-6-16)13-17(20)7-9-22(21)23(25)14-18(26)15-25/h2-6,8,10,13,18,21-23,26H,7,9,11-12,14-15H2,1H3. The molecule has 0 aromatic heterocycles. The third-order valence-electron chi connectivity index (χ3n) is 7.66. The average molecular weight is 376 g/mol. The second-order valence-electron chi connectivity index (χ2n) is 9.32. The van der Waals surface area contributed by atoms with Gasteiger partial charge in [-0.2, -0.15) is 0 Å². The molecule has 5 rings (SSSR count). The molecule has 3 heteroatoms. The minimum Gasteiger partial charge on any atom is -0.423 e. The number of carbonyl (C=O) groups is 1. The molecule has 0 radical (unpaired) electrons. The van der Waals surface area contributed by atoms with Crippen LogP contribution in [-0.2, 0) is 6.42 Å². The third kappa shape index (κ3) is 2.97. The summed E-state index contributed by atoms with van der Waals surface area (Å²) in [5.74, 6) is 2.25. The van der Waals surface area contributed by atoms with Crippen LogP contribution in [-0.4, -0.2) is 17.2 Å². The number of ether oxygens (including phenoxy) is 1. The van der Waals surface area contributed by atoms with Crippen LogP contribution >= 0.6 is 0 Å². The van der Waals surface area contributed by atoms with E-state index in [0.29, 0.717) is 34.5 Å². The SMILES string of the molecule is CC12CCC3c4ccc(OC(=O)c5ccccc5)cc4CCC3C1CC(O)C2. The molecular weight excluding hydrogens is 348 g/mol. The van der Waals surface area contributed by atoms with E-state index in [1.807, 2.05) is 24.3 Å². The molecule has 2 aromatic rings. The summed E-state index contributed by atoms with van der Waals surface area (Å²) in [6, 6.07) is 15.4. The molecule has 0 aliphatic heterocycles. The Morgan fingerprint density at radius 1 is 1.14 bits per heavy atom. The quantitative estimate of drug-likeness (QED) is 0.584. The Kier molecular flexibility index (Phi) is 4.31. The molecule has 3 aliphatic rings. The number of aliphatic hydroxyl groups is 1. The van der Waals surface area contributed by atoms with Gasteiger partial charge < -0.3 is 9.84 Å². The summed E-state index contributed by atoms with van der Waals surface area (Å²) in [4.78, 5) is 12.4. The van der Waals surface area contributed by atoms with Crippen LogP contribution in [0.2, 0.25) is 0 Å². The van der Waals surface area contributed by atoms with E-state index in [0.717, 1.165) is 19.3 Å². The van der Waals surface area contributed by atoms with Crippen molar-refractivity contribution in [3.8, 4) is 5.75 Å². The maximum absolute atomic E-state index is 12.4. The van der Waals surface area contributed by atoms with E-state index >= 15 is 0 Å². The fraction of sp³-hybridized carbons (Fsp3) is 0.480. The van der Waals surface area contributed by atoms with Crippen LogP contribution in [0.4, 0.5) is 0 Å². The molecule has 2 fully saturated rings. The lowest BCUT2D eigenvalue weighted by Crippen LogP contribution is -2.39. The number of esters is 1. The maximum Gasteiger partial charge on any atom is 0.343 e. The largest absolute Gasteiger partial charge is 0.423 e. The zero-order valence-electron chi connectivity index (χ0n) is 16.4. The highest BCUT2D eigenvalue weighted by Crippen LogP contribution is 2.60. The van der Waals surface area contributed by atoms with Crippen LogP contribution in [0.3, 0.4) is 0 Å². The minimum atomic E-state index is -0.303. The predicted molar refractivity (Wildman–Crippen MR) is 108 cm³/mol. The zero-order chi connectivity index (χ0) is 19.3. The average Bonchev–Trinajstić information content (AvgIpc) is 3.02. The molecule has 0 heterocycles. The first kappa shape index (κ1) is 17.9. The monoisotopic (exact) mass is 376 g/mol. The molecule has 146 valence electrons. The second kappa shape index (κ2) is 6.73. The van der Waals surface area contributed by atoms with Gasteiger partial charge in [-0.1, -0.05) is 31.2 Å². The van der Waals surface area contributed by atoms with Crippen LogP contribution in [0.1, 0.15) is 66.4 Å². The Balaban J connectivity index is 1.37. The highest BCUT2D eigenvalue weighted by molar-refractivity contribution is 5.91. The van der Waals surface area contributed by atoms with E-state index in [-0.39, 0.29) is 12.1 Å². The summed E-state index contributed by atoms with van der Waals surface area (Å²) in [5, 5.41) is 10.3. The van der Waals surface area contributed by atoms with Gasteiger partial charge in [0, 0.05) is 0 Å². The maximum atomic E-state index is 12.4. The van der Waals surface area contributed by atoms with Crippen molar-refractivity contribution in [3.63, 3.8) is 0 Å². The van der Waals surface area contributed by atoms with Crippen molar-refractivity contribution in [2.24, 2.45) is 17.3 Å². The van der Waals surface area contributed by atoms with Gasteiger partial charge in [0.2, 0.25) is 0 Å². The molecule has 0 bridgehead atoms. The molecule has 3 nitrogen and oxygen atoms in total. The molecule has 5 atom stereocenters. The summed E-state index contributed by atoms with van der Waals surface area (Å²) < 4.78 is 5.63. The van der Waals surface area contributed by atoms with Crippen LogP contribution in [0.25, 0.3) is 0 Å². The Hall–Kier alpha value is -2.13. The Morgan fingerprint density at radius 3 is 2.79 bits per heavy atom. The molecule has 5 unspecified atom stereocenters. The van der Waals surface area contributed by atoms with Gasteiger partial charge in [-0.05, 0) is 97.1 Å². The number of fused-ring (bicyclic) bond motifs is 5. The summed E-state index contributed by atoms with van der Waals surface area (Å²) in [6.45, 7) is 2.39. The van der Waals surface area contributed by atoms with Crippen molar-refractivity contribution in [2.45, 2.75) is 57.5 Å². The topological polar surface area (TPSA) is 46.5 Å². The minimum absolute atomic E-state index is 0.116. The van der Waals surface area contributed by atoms with Gasteiger partial charge in [-0.3, -0.25) is 0 Å². The predicted octanol–water partition coefficient (Wildman–Crippen LogP) is 5.12. The smallest absolute Gasteiger partial charge is 0.343 e. The van der Waals surface area contributed by atoms with E-state index in [4.69, 9.17) is 4.74 Å². The second-order valence-corrected chi connectivity index (χ2v) is 9.32. The molecule has 3 aliphatic carbocycles. The van der Waals surface area contributed by atoms with Gasteiger partial charge >= 0.3 is 5.97 Å². The van der Waals surface area contributed by atoms with Crippen molar-refractivity contribution in [2.75, 3.05) is 0 Å². The lowest BCUT2D eigenvalue weighted by Gasteiger charge is -2.49. The highest BCUT2D eigenvalue weighted by Gasteiger charge is 2.52. The number of carbonyl (C=O) groups excluding carboxylic acids is 1. The van der Waals surface area contributed by atoms with Crippen molar-refractivity contribution >= 4 is 5.97 Å². The molecule has 28 heavy (non-hydrogen) atoms. The first-order valence-electron chi connectivity index (χ1n) is 10.6. The van der Waals surface area contributed by atoms with Crippen molar-refractivity contribution in [3.05, 3.63) is 65.2 Å². The van der Waals surface area contributed by atoms with Gasteiger partial charge in [-0.25, -0.2) is 4.79 Å². The van der Waals surface area contributed by atoms with Crippen LogP contribution in [0, 0.1) is 17.3 Å². The molecule has 0 amide bonds. The summed E-state index contributed by atoms with van der Waals surface area (Å²) in [5.41, 5.74) is 3.68. The summed E-state index contributed by atoms with van der Waals surface area (Å²) in [6.07, 6.45) is 6.47. The van der Waals surface area contributed by atoms with Crippen LogP contribution < -0.4 is 4.74 Å². The molecule has 1 N–H and O–H groups in total. The highest BCUT2D eigenvalue weighted by atomic mass is 16.5. The number of hydrogen-bond donors (Lipinski definition) is 1. The summed E-state index contributed by atoms with van der Waals surface area (Å²) in [7, 11) is 0. The van der Waals surface area contributed by atoms with E-state index in [1.165, 1.54) is 30.4 Å². The van der Waals surface area contributed by atoms with Gasteiger partial charge in [0.15, 0.2) is 0 Å². The van der Waals surface area contributed by atoms with E-state index in [2.05, 4.69) is 19.1 Å². The van der Waals surface area contributed by atoms with Crippen molar-refractivity contribution < 1.29 is 14.6 Å². The molecule has 2 aromatic carbocycles. The normalized spacial score (nSPS) is 33.5. The Labute approximate surface area is 166 Å².